The molecule has 0 aliphatic carbocycles. The molecular formula is C34H34N4O6. The van der Waals surface area contributed by atoms with E-state index in [-0.39, 0.29) is 5.84 Å². The summed E-state index contributed by atoms with van der Waals surface area (Å²) in [4.78, 5) is 40.3. The largest absolute Gasteiger partial charge is 0.493 e. The van der Waals surface area contributed by atoms with E-state index in [1.54, 1.807) is 72.8 Å². The number of amidine groups is 1. The summed E-state index contributed by atoms with van der Waals surface area (Å²) in [5, 5.41) is 10.9. The Balaban J connectivity index is 1.71. The van der Waals surface area contributed by atoms with Crippen molar-refractivity contribution in [3.63, 3.8) is 0 Å². The zero-order valence-electron chi connectivity index (χ0n) is 24.7. The van der Waals surface area contributed by atoms with Gasteiger partial charge in [0.1, 0.15) is 18.5 Å². The van der Waals surface area contributed by atoms with E-state index in [4.69, 9.17) is 25.4 Å². The first-order chi connectivity index (χ1) is 21.2. The van der Waals surface area contributed by atoms with Gasteiger partial charge < -0.3 is 30.2 Å². The summed E-state index contributed by atoms with van der Waals surface area (Å²) in [6.07, 6.45) is 0. The molecule has 226 valence electrons. The monoisotopic (exact) mass is 594 g/mol. The second-order valence-electron chi connectivity index (χ2n) is 9.93. The van der Waals surface area contributed by atoms with Crippen LogP contribution < -0.4 is 20.5 Å². The molecule has 4 N–H and O–H groups in total. The summed E-state index contributed by atoms with van der Waals surface area (Å²) in [5.74, 6) is -1.36. The fourth-order valence-corrected chi connectivity index (χ4v) is 4.60. The van der Waals surface area contributed by atoms with Gasteiger partial charge >= 0.3 is 11.9 Å². The Morgan fingerprint density at radius 3 is 2.09 bits per heavy atom. The number of likely N-dealkylation sites (N-methyl/N-ethyl adjacent to an activating group) is 1. The van der Waals surface area contributed by atoms with Crippen molar-refractivity contribution in [2.24, 2.45) is 5.73 Å². The van der Waals surface area contributed by atoms with Crippen LogP contribution in [0.3, 0.4) is 0 Å². The van der Waals surface area contributed by atoms with Gasteiger partial charge in [-0.3, -0.25) is 15.0 Å². The molecule has 4 rings (SSSR count). The lowest BCUT2D eigenvalue weighted by Gasteiger charge is -2.31. The molecule has 0 aliphatic rings. The van der Waals surface area contributed by atoms with E-state index in [1.807, 2.05) is 30.3 Å². The molecule has 0 saturated heterocycles. The number of anilines is 1. The number of nitrogens with zero attached hydrogens (tertiary/aromatic N) is 1. The first kappa shape index (κ1) is 31.3. The lowest BCUT2D eigenvalue weighted by molar-refractivity contribution is -0.164. The predicted octanol–water partition coefficient (Wildman–Crippen LogP) is 5.00. The number of nitrogen functional groups attached to an aromatic ring is 1. The first-order valence-electron chi connectivity index (χ1n) is 13.8. The Hall–Kier alpha value is -5.64. The fourth-order valence-electron chi connectivity index (χ4n) is 4.60. The molecule has 10 nitrogen and oxygen atoms in total. The molecule has 0 aromatic heterocycles. The second kappa shape index (κ2) is 14.5. The van der Waals surface area contributed by atoms with Crippen molar-refractivity contribution >= 4 is 29.4 Å². The number of nitrogens with two attached hydrogens (primary N) is 1. The highest BCUT2D eigenvalue weighted by Gasteiger charge is 2.35. The Morgan fingerprint density at radius 2 is 1.50 bits per heavy atom. The number of hydrogen-bond donors (Lipinski definition) is 3. The second-order valence-corrected chi connectivity index (χ2v) is 9.93. The Morgan fingerprint density at radius 1 is 0.864 bits per heavy atom. The van der Waals surface area contributed by atoms with Crippen molar-refractivity contribution in [2.75, 3.05) is 19.5 Å². The Bertz CT molecular complexity index is 1610. The van der Waals surface area contributed by atoms with E-state index >= 15 is 0 Å². The van der Waals surface area contributed by atoms with E-state index in [0.717, 1.165) is 12.5 Å². The van der Waals surface area contributed by atoms with Gasteiger partial charge in [0.25, 0.3) is 0 Å². The standard InChI is InChI=1S/C34H34N4O6/c1-22(39)44-34(41)31(24-12-8-5-9-13-24)38(2)33(40)30(37-27-17-14-25(15-18-27)32(35)36)26-16-19-28(29(20-26)42-3)43-21-23-10-6-4-7-11-23/h4-20,30-31,37H,21H2,1-3H3,(H3,35,36). The molecule has 10 heteroatoms. The summed E-state index contributed by atoms with van der Waals surface area (Å²) >= 11 is 0. The van der Waals surface area contributed by atoms with Gasteiger partial charge in [0.05, 0.1) is 7.11 Å². The lowest BCUT2D eigenvalue weighted by Crippen LogP contribution is -2.41. The molecule has 4 aromatic carbocycles. The van der Waals surface area contributed by atoms with Crippen molar-refractivity contribution in [3.8, 4) is 11.5 Å². The van der Waals surface area contributed by atoms with Gasteiger partial charge in [-0.25, -0.2) is 4.79 Å². The summed E-state index contributed by atoms with van der Waals surface area (Å²) in [5.41, 5.74) is 8.67. The third-order valence-corrected chi connectivity index (χ3v) is 6.83. The maximum Gasteiger partial charge on any atom is 0.341 e. The summed E-state index contributed by atoms with van der Waals surface area (Å²) in [7, 11) is 2.98. The smallest absolute Gasteiger partial charge is 0.341 e. The molecule has 2 atom stereocenters. The highest BCUT2D eigenvalue weighted by atomic mass is 16.6. The van der Waals surface area contributed by atoms with E-state index in [9.17, 15) is 14.4 Å². The average Bonchev–Trinajstić information content (AvgIpc) is 3.03. The van der Waals surface area contributed by atoms with Gasteiger partial charge in [-0.2, -0.15) is 0 Å². The number of carbonyl (C=O) groups excluding carboxylic acids is 3. The van der Waals surface area contributed by atoms with Crippen molar-refractivity contribution in [2.45, 2.75) is 25.6 Å². The van der Waals surface area contributed by atoms with Crippen LogP contribution >= 0.6 is 0 Å². The SMILES string of the molecule is COc1cc(C(Nc2ccc(C(=N)N)cc2)C(=O)N(C)C(C(=O)OC(C)=O)c2ccccc2)ccc1OCc1ccccc1. The molecule has 44 heavy (non-hydrogen) atoms. The van der Waals surface area contributed by atoms with Gasteiger partial charge in [0.2, 0.25) is 5.91 Å². The number of benzene rings is 4. The van der Waals surface area contributed by atoms with Crippen molar-refractivity contribution in [1.29, 1.82) is 5.41 Å². The quantitative estimate of drug-likeness (QED) is 0.0900. The van der Waals surface area contributed by atoms with Crippen molar-refractivity contribution in [3.05, 3.63) is 125 Å². The van der Waals surface area contributed by atoms with Crippen LogP contribution in [0, 0.1) is 5.41 Å². The minimum atomic E-state index is -1.20. The molecule has 0 radical (unpaired) electrons. The van der Waals surface area contributed by atoms with Crippen LogP contribution in [0.15, 0.2) is 103 Å². The summed E-state index contributed by atoms with van der Waals surface area (Å²) in [6.45, 7) is 1.45. The third-order valence-electron chi connectivity index (χ3n) is 6.83. The number of esters is 2. The molecule has 0 bridgehead atoms. The molecule has 0 saturated carbocycles. The third kappa shape index (κ3) is 7.80. The van der Waals surface area contributed by atoms with E-state index in [2.05, 4.69) is 5.32 Å². The van der Waals surface area contributed by atoms with Gasteiger partial charge in [-0.15, -0.1) is 0 Å². The molecule has 0 aliphatic heterocycles. The van der Waals surface area contributed by atoms with Crippen LogP contribution in [-0.2, 0) is 25.7 Å². The molecular weight excluding hydrogens is 560 g/mol. The molecule has 2 unspecified atom stereocenters. The topological polar surface area (TPSA) is 144 Å². The fraction of sp³-hybridized carbons (Fsp3) is 0.176. The molecule has 0 fully saturated rings. The van der Waals surface area contributed by atoms with Gasteiger partial charge in [0, 0.05) is 25.2 Å². The first-order valence-corrected chi connectivity index (χ1v) is 13.8. The van der Waals surface area contributed by atoms with Crippen molar-refractivity contribution < 1.29 is 28.6 Å². The van der Waals surface area contributed by atoms with E-state index in [1.165, 1.54) is 19.1 Å². The minimum absolute atomic E-state index is 0.0885. The van der Waals surface area contributed by atoms with Crippen LogP contribution in [0.5, 0.6) is 11.5 Å². The Kier molecular flexibility index (Phi) is 10.3. The number of amides is 1. The molecule has 1 amide bonds. The normalized spacial score (nSPS) is 11.9. The highest BCUT2D eigenvalue weighted by molar-refractivity contribution is 5.96. The van der Waals surface area contributed by atoms with Gasteiger partial charge in [-0.1, -0.05) is 66.7 Å². The molecule has 0 heterocycles. The van der Waals surface area contributed by atoms with Crippen molar-refractivity contribution in [1.82, 2.24) is 4.90 Å². The maximum atomic E-state index is 14.3. The number of hydrogen-bond acceptors (Lipinski definition) is 8. The average molecular weight is 595 g/mol. The Labute approximate surface area is 255 Å². The van der Waals surface area contributed by atoms with Gasteiger partial charge in [0.15, 0.2) is 17.5 Å². The zero-order valence-corrected chi connectivity index (χ0v) is 24.7. The zero-order chi connectivity index (χ0) is 31.6. The van der Waals surface area contributed by atoms with E-state index < -0.39 is 29.9 Å². The van der Waals surface area contributed by atoms with E-state index in [0.29, 0.717) is 40.5 Å². The predicted molar refractivity (Wildman–Crippen MR) is 166 cm³/mol. The van der Waals surface area contributed by atoms with Crippen LogP contribution in [0.25, 0.3) is 0 Å². The maximum absolute atomic E-state index is 14.3. The van der Waals surface area contributed by atoms with Gasteiger partial charge in [-0.05, 0) is 53.1 Å². The summed E-state index contributed by atoms with van der Waals surface area (Å²) in [6, 6.07) is 27.9. The number of carbonyl (C=O) groups is 3. The highest BCUT2D eigenvalue weighted by Crippen LogP contribution is 2.34. The van der Waals surface area contributed by atoms with Crippen LogP contribution in [0.1, 0.15) is 41.3 Å². The van der Waals surface area contributed by atoms with Crippen LogP contribution in [0.4, 0.5) is 5.69 Å². The summed E-state index contributed by atoms with van der Waals surface area (Å²) < 4.78 is 16.6. The number of nitrogens with one attached hydrogen (secondary N) is 2. The number of rotatable bonds is 12. The van der Waals surface area contributed by atoms with Crippen LogP contribution in [0.2, 0.25) is 0 Å². The molecule has 0 spiro atoms. The minimum Gasteiger partial charge on any atom is -0.493 e. The lowest BCUT2D eigenvalue weighted by atomic mass is 10.0. The number of methoxy groups -OCH3 is 1. The number of ether oxygens (including phenoxy) is 3. The molecule has 4 aromatic rings. The van der Waals surface area contributed by atoms with Crippen LogP contribution in [-0.4, -0.2) is 42.7 Å².